The molecule has 0 radical (unpaired) electrons. The maximum Gasteiger partial charge on any atom is 0.352 e. The van der Waals surface area contributed by atoms with Crippen molar-refractivity contribution in [3.8, 4) is 11.5 Å². The van der Waals surface area contributed by atoms with Gasteiger partial charge in [0.1, 0.15) is 6.10 Å². The summed E-state index contributed by atoms with van der Waals surface area (Å²) in [5, 5.41) is 11.3. The molecular weight excluding hydrogens is 260 g/mol. The van der Waals surface area contributed by atoms with Crippen LogP contribution in [0.3, 0.4) is 0 Å². The second kappa shape index (κ2) is 6.56. The molecule has 2 rings (SSSR count). The van der Waals surface area contributed by atoms with E-state index in [1.54, 1.807) is 18.2 Å². The van der Waals surface area contributed by atoms with Gasteiger partial charge >= 0.3 is 5.69 Å². The van der Waals surface area contributed by atoms with Gasteiger partial charge in [0.25, 0.3) is 0 Å². The highest BCUT2D eigenvalue weighted by Crippen LogP contribution is 2.38. The van der Waals surface area contributed by atoms with Crippen LogP contribution < -0.4 is 15.2 Å². The Morgan fingerprint density at radius 3 is 2.75 bits per heavy atom. The molecule has 1 aliphatic carbocycles. The van der Waals surface area contributed by atoms with Crippen molar-refractivity contribution in [3.63, 3.8) is 0 Å². The van der Waals surface area contributed by atoms with Gasteiger partial charge in [0.2, 0.25) is 11.5 Å². The number of benzene rings is 1. The molecule has 0 heterocycles. The van der Waals surface area contributed by atoms with Gasteiger partial charge in [-0.3, -0.25) is 10.1 Å². The summed E-state index contributed by atoms with van der Waals surface area (Å²) < 4.78 is 11.2. The second-order valence-corrected chi connectivity index (χ2v) is 5.02. The molecule has 0 bridgehead atoms. The Labute approximate surface area is 118 Å². The van der Waals surface area contributed by atoms with E-state index in [1.165, 1.54) is 0 Å². The summed E-state index contributed by atoms with van der Waals surface area (Å²) in [4.78, 5) is 10.8. The number of nitrogens with zero attached hydrogens (tertiary/aromatic N) is 1. The third-order valence-electron chi connectivity index (χ3n) is 3.32. The molecule has 2 atom stereocenters. The van der Waals surface area contributed by atoms with Crippen molar-refractivity contribution in [2.24, 2.45) is 5.73 Å². The highest BCUT2D eigenvalue weighted by atomic mass is 16.6. The van der Waals surface area contributed by atoms with Crippen LogP contribution >= 0.6 is 0 Å². The zero-order valence-electron chi connectivity index (χ0n) is 11.6. The predicted octanol–water partition coefficient (Wildman–Crippen LogP) is 2.64. The van der Waals surface area contributed by atoms with Crippen molar-refractivity contribution in [2.45, 2.75) is 44.8 Å². The second-order valence-electron chi connectivity index (χ2n) is 5.02. The summed E-state index contributed by atoms with van der Waals surface area (Å²) >= 11 is 0. The highest BCUT2D eigenvalue weighted by Gasteiger charge is 2.28. The van der Waals surface area contributed by atoms with Gasteiger partial charge in [-0.05, 0) is 37.8 Å². The van der Waals surface area contributed by atoms with Crippen LogP contribution in [0.1, 0.15) is 32.6 Å². The fourth-order valence-corrected chi connectivity index (χ4v) is 2.37. The van der Waals surface area contributed by atoms with E-state index in [1.807, 2.05) is 6.92 Å². The number of para-hydroxylation sites is 1. The van der Waals surface area contributed by atoms with Crippen LogP contribution in [0.5, 0.6) is 11.5 Å². The molecule has 1 saturated carbocycles. The lowest BCUT2D eigenvalue weighted by Crippen LogP contribution is -2.19. The summed E-state index contributed by atoms with van der Waals surface area (Å²) in [5.74, 6) is 0.527. The van der Waals surface area contributed by atoms with E-state index >= 15 is 0 Å². The van der Waals surface area contributed by atoms with E-state index < -0.39 is 4.92 Å². The van der Waals surface area contributed by atoms with Gasteiger partial charge in [0.05, 0.1) is 11.5 Å². The average Bonchev–Trinajstić information content (AvgIpc) is 2.81. The van der Waals surface area contributed by atoms with Gasteiger partial charge in [-0.1, -0.05) is 13.0 Å². The Balaban J connectivity index is 2.20. The normalized spacial score (nSPS) is 21.7. The molecule has 0 saturated heterocycles. The van der Waals surface area contributed by atoms with E-state index in [0.717, 1.165) is 25.7 Å². The van der Waals surface area contributed by atoms with E-state index in [0.29, 0.717) is 6.61 Å². The molecule has 0 amide bonds. The zero-order valence-corrected chi connectivity index (χ0v) is 11.6. The Morgan fingerprint density at radius 2 is 2.15 bits per heavy atom. The first-order chi connectivity index (χ1) is 9.61. The van der Waals surface area contributed by atoms with Crippen LogP contribution in [0, 0.1) is 10.1 Å². The molecule has 6 nitrogen and oxygen atoms in total. The van der Waals surface area contributed by atoms with Crippen molar-refractivity contribution >= 4 is 5.69 Å². The molecule has 0 aromatic heterocycles. The third-order valence-corrected chi connectivity index (χ3v) is 3.32. The van der Waals surface area contributed by atoms with Crippen LogP contribution in [0.2, 0.25) is 0 Å². The Hall–Kier alpha value is -1.82. The van der Waals surface area contributed by atoms with Crippen LogP contribution in [0.15, 0.2) is 18.2 Å². The number of nitro groups is 1. The fourth-order valence-electron chi connectivity index (χ4n) is 2.37. The Bertz CT molecular complexity index is 478. The monoisotopic (exact) mass is 280 g/mol. The summed E-state index contributed by atoms with van der Waals surface area (Å²) in [5.41, 5.74) is 5.74. The van der Waals surface area contributed by atoms with Gasteiger partial charge in [-0.2, -0.15) is 0 Å². The zero-order chi connectivity index (χ0) is 14.5. The molecule has 1 fully saturated rings. The van der Waals surface area contributed by atoms with Crippen molar-refractivity contribution in [3.05, 3.63) is 28.3 Å². The topological polar surface area (TPSA) is 87.6 Å². The van der Waals surface area contributed by atoms with Gasteiger partial charge in [0, 0.05) is 6.04 Å². The summed E-state index contributed by atoms with van der Waals surface area (Å²) in [6, 6.07) is 5.04. The predicted molar refractivity (Wildman–Crippen MR) is 75.1 cm³/mol. The van der Waals surface area contributed by atoms with Crippen LogP contribution in [0.25, 0.3) is 0 Å². The summed E-state index contributed by atoms with van der Waals surface area (Å²) in [6.07, 6.45) is 3.20. The molecule has 2 unspecified atom stereocenters. The van der Waals surface area contributed by atoms with Gasteiger partial charge in [0.15, 0.2) is 0 Å². The van der Waals surface area contributed by atoms with E-state index in [-0.39, 0.29) is 29.3 Å². The number of hydrogen-bond donors (Lipinski definition) is 1. The Morgan fingerprint density at radius 1 is 1.40 bits per heavy atom. The first kappa shape index (κ1) is 14.6. The van der Waals surface area contributed by atoms with Gasteiger partial charge in [-0.15, -0.1) is 0 Å². The number of rotatable bonds is 6. The molecule has 6 heteroatoms. The summed E-state index contributed by atoms with van der Waals surface area (Å²) in [7, 11) is 0. The molecule has 1 aromatic rings. The van der Waals surface area contributed by atoms with Crippen molar-refractivity contribution < 1.29 is 14.4 Å². The maximum absolute atomic E-state index is 11.3. The molecular formula is C14H20N2O4. The minimum Gasteiger partial charge on any atom is -0.487 e. The smallest absolute Gasteiger partial charge is 0.352 e. The third kappa shape index (κ3) is 3.39. The van der Waals surface area contributed by atoms with Crippen molar-refractivity contribution in [1.29, 1.82) is 0 Å². The Kier molecular flexibility index (Phi) is 4.79. The van der Waals surface area contributed by atoms with Crippen molar-refractivity contribution in [2.75, 3.05) is 6.61 Å². The van der Waals surface area contributed by atoms with Crippen LogP contribution in [0.4, 0.5) is 5.69 Å². The number of ether oxygens (including phenoxy) is 2. The molecule has 1 aliphatic rings. The first-order valence-corrected chi connectivity index (χ1v) is 6.94. The van der Waals surface area contributed by atoms with E-state index in [4.69, 9.17) is 15.2 Å². The lowest BCUT2D eigenvalue weighted by molar-refractivity contribution is -0.387. The number of nitro benzene ring substituents is 1. The quantitative estimate of drug-likeness (QED) is 0.639. The molecule has 0 aliphatic heterocycles. The standard InChI is InChI=1S/C14H20N2O4/c1-2-8-19-12-4-3-5-13(14(12)16(17)18)20-11-7-6-10(15)9-11/h3-5,10-11H,2,6-9,15H2,1H3. The molecule has 20 heavy (non-hydrogen) atoms. The number of nitrogens with two attached hydrogens (primary N) is 1. The summed E-state index contributed by atoms with van der Waals surface area (Å²) in [6.45, 7) is 2.39. The minimum atomic E-state index is -0.449. The molecule has 2 N–H and O–H groups in total. The number of hydrogen-bond acceptors (Lipinski definition) is 5. The molecule has 0 spiro atoms. The van der Waals surface area contributed by atoms with E-state index in [2.05, 4.69) is 0 Å². The van der Waals surface area contributed by atoms with Gasteiger partial charge in [-0.25, -0.2) is 0 Å². The molecule has 110 valence electrons. The maximum atomic E-state index is 11.3. The van der Waals surface area contributed by atoms with Gasteiger partial charge < -0.3 is 15.2 Å². The lowest BCUT2D eigenvalue weighted by Gasteiger charge is -2.15. The van der Waals surface area contributed by atoms with Crippen LogP contribution in [-0.4, -0.2) is 23.7 Å². The van der Waals surface area contributed by atoms with E-state index in [9.17, 15) is 10.1 Å². The van der Waals surface area contributed by atoms with Crippen LogP contribution in [-0.2, 0) is 0 Å². The fraction of sp³-hybridized carbons (Fsp3) is 0.571. The molecule has 1 aromatic carbocycles. The minimum absolute atomic E-state index is 0.0508. The largest absolute Gasteiger partial charge is 0.487 e. The highest BCUT2D eigenvalue weighted by molar-refractivity contribution is 5.57. The van der Waals surface area contributed by atoms with Crippen molar-refractivity contribution in [1.82, 2.24) is 0 Å². The first-order valence-electron chi connectivity index (χ1n) is 6.94. The lowest BCUT2D eigenvalue weighted by atomic mass is 10.2. The average molecular weight is 280 g/mol. The SMILES string of the molecule is CCCOc1cccc(OC2CCC(N)C2)c1[N+](=O)[O-].